The molecular formula is C11H19NOS. The van der Waals surface area contributed by atoms with E-state index in [2.05, 4.69) is 5.32 Å². The van der Waals surface area contributed by atoms with Crippen LogP contribution in [-0.2, 0) is 5.60 Å². The summed E-state index contributed by atoms with van der Waals surface area (Å²) in [6.45, 7) is 8.86. The molecule has 1 aromatic rings. The van der Waals surface area contributed by atoms with E-state index in [-0.39, 0.29) is 6.04 Å². The lowest BCUT2D eigenvalue weighted by atomic mass is 9.94. The van der Waals surface area contributed by atoms with Gasteiger partial charge in [-0.05, 0) is 44.3 Å². The fourth-order valence-electron chi connectivity index (χ4n) is 1.59. The summed E-state index contributed by atoms with van der Waals surface area (Å²) in [6, 6.07) is 2.12. The predicted octanol–water partition coefficient (Wildman–Crippen LogP) is 2.26. The molecule has 0 spiro atoms. The van der Waals surface area contributed by atoms with Crippen LogP contribution in [0.25, 0.3) is 0 Å². The van der Waals surface area contributed by atoms with E-state index in [1.54, 1.807) is 11.3 Å². The highest BCUT2D eigenvalue weighted by atomic mass is 32.1. The molecule has 2 unspecified atom stereocenters. The molecule has 80 valence electrons. The summed E-state index contributed by atoms with van der Waals surface area (Å²) in [5, 5.41) is 15.7. The summed E-state index contributed by atoms with van der Waals surface area (Å²) in [6.07, 6.45) is 0. The van der Waals surface area contributed by atoms with Crippen molar-refractivity contribution >= 4 is 11.3 Å². The van der Waals surface area contributed by atoms with E-state index in [1.165, 1.54) is 5.56 Å². The maximum atomic E-state index is 10.4. The summed E-state index contributed by atoms with van der Waals surface area (Å²) in [7, 11) is 0. The van der Waals surface area contributed by atoms with Crippen LogP contribution in [0.4, 0.5) is 0 Å². The molecule has 0 radical (unpaired) electrons. The molecule has 0 fully saturated rings. The van der Waals surface area contributed by atoms with E-state index < -0.39 is 5.60 Å². The maximum absolute atomic E-state index is 10.4. The van der Waals surface area contributed by atoms with Crippen molar-refractivity contribution < 1.29 is 5.11 Å². The minimum atomic E-state index is -0.770. The molecule has 0 bridgehead atoms. The van der Waals surface area contributed by atoms with Gasteiger partial charge < -0.3 is 10.4 Å². The quantitative estimate of drug-likeness (QED) is 0.804. The van der Waals surface area contributed by atoms with Crippen LogP contribution in [0.3, 0.4) is 0 Å². The monoisotopic (exact) mass is 213 g/mol. The van der Waals surface area contributed by atoms with Crippen LogP contribution in [0.2, 0.25) is 0 Å². The van der Waals surface area contributed by atoms with Crippen LogP contribution in [0.1, 0.15) is 31.2 Å². The van der Waals surface area contributed by atoms with Crippen LogP contribution >= 0.6 is 11.3 Å². The second kappa shape index (κ2) is 4.43. The van der Waals surface area contributed by atoms with Crippen LogP contribution in [-0.4, -0.2) is 17.7 Å². The van der Waals surface area contributed by atoms with Crippen molar-refractivity contribution in [3.63, 3.8) is 0 Å². The van der Waals surface area contributed by atoms with Gasteiger partial charge in [0.2, 0.25) is 0 Å². The molecule has 0 amide bonds. The zero-order valence-corrected chi connectivity index (χ0v) is 10.1. The molecule has 0 aromatic carbocycles. The Balaban J connectivity index is 2.89. The van der Waals surface area contributed by atoms with E-state index in [0.29, 0.717) is 0 Å². The first-order valence-electron chi connectivity index (χ1n) is 5.00. The normalized spacial score (nSPS) is 17.8. The van der Waals surface area contributed by atoms with Crippen molar-refractivity contribution in [1.82, 2.24) is 5.32 Å². The predicted molar refractivity (Wildman–Crippen MR) is 61.8 cm³/mol. The van der Waals surface area contributed by atoms with Crippen LogP contribution in [0, 0.1) is 6.92 Å². The molecule has 0 aliphatic rings. The molecule has 0 aliphatic heterocycles. The fraction of sp³-hybridized carbons (Fsp3) is 0.636. The molecule has 1 heterocycles. The Labute approximate surface area is 90.0 Å². The van der Waals surface area contributed by atoms with Crippen molar-refractivity contribution in [2.45, 2.75) is 39.3 Å². The van der Waals surface area contributed by atoms with Crippen molar-refractivity contribution in [1.29, 1.82) is 0 Å². The number of aryl methyl sites for hydroxylation is 1. The highest BCUT2D eigenvalue weighted by Crippen LogP contribution is 2.31. The summed E-state index contributed by atoms with van der Waals surface area (Å²) in [5.74, 6) is 0. The van der Waals surface area contributed by atoms with Gasteiger partial charge in [0, 0.05) is 10.9 Å². The molecule has 2 atom stereocenters. The Morgan fingerprint density at radius 3 is 2.71 bits per heavy atom. The van der Waals surface area contributed by atoms with E-state index in [9.17, 15) is 5.11 Å². The standard InChI is InChI=1S/C11H19NOS/c1-5-12-9(3)11(4,13)10-8(2)6-7-14-10/h6-7,9,12-13H,5H2,1-4H3. The van der Waals surface area contributed by atoms with E-state index >= 15 is 0 Å². The number of likely N-dealkylation sites (N-methyl/N-ethyl adjacent to an activating group) is 1. The number of nitrogens with one attached hydrogen (secondary N) is 1. The Morgan fingerprint density at radius 2 is 2.29 bits per heavy atom. The summed E-state index contributed by atoms with van der Waals surface area (Å²) < 4.78 is 0. The zero-order chi connectivity index (χ0) is 10.8. The van der Waals surface area contributed by atoms with Crippen molar-refractivity contribution in [2.24, 2.45) is 0 Å². The zero-order valence-electron chi connectivity index (χ0n) is 9.29. The third-order valence-electron chi connectivity index (χ3n) is 2.68. The number of hydrogen-bond acceptors (Lipinski definition) is 3. The smallest absolute Gasteiger partial charge is 0.111 e. The highest BCUT2D eigenvalue weighted by molar-refractivity contribution is 7.10. The summed E-state index contributed by atoms with van der Waals surface area (Å²) >= 11 is 1.62. The highest BCUT2D eigenvalue weighted by Gasteiger charge is 2.32. The largest absolute Gasteiger partial charge is 0.383 e. The molecule has 0 aliphatic carbocycles. The summed E-state index contributed by atoms with van der Waals surface area (Å²) in [4.78, 5) is 1.06. The molecule has 2 nitrogen and oxygen atoms in total. The molecule has 0 saturated carbocycles. The first-order valence-corrected chi connectivity index (χ1v) is 5.88. The van der Waals surface area contributed by atoms with Crippen LogP contribution < -0.4 is 5.32 Å². The Hall–Kier alpha value is -0.380. The molecule has 14 heavy (non-hydrogen) atoms. The van der Waals surface area contributed by atoms with Gasteiger partial charge >= 0.3 is 0 Å². The lowest BCUT2D eigenvalue weighted by Crippen LogP contribution is -2.44. The fourth-order valence-corrected chi connectivity index (χ4v) is 2.67. The van der Waals surface area contributed by atoms with Crippen LogP contribution in [0.15, 0.2) is 11.4 Å². The van der Waals surface area contributed by atoms with Gasteiger partial charge in [-0.25, -0.2) is 0 Å². The van der Waals surface area contributed by atoms with E-state index in [1.807, 2.05) is 39.1 Å². The first-order chi connectivity index (χ1) is 6.50. The van der Waals surface area contributed by atoms with Crippen LogP contribution in [0.5, 0.6) is 0 Å². The van der Waals surface area contributed by atoms with Gasteiger partial charge in [0.05, 0.1) is 0 Å². The minimum Gasteiger partial charge on any atom is -0.383 e. The third kappa shape index (κ3) is 2.16. The maximum Gasteiger partial charge on any atom is 0.111 e. The van der Waals surface area contributed by atoms with Gasteiger partial charge in [-0.3, -0.25) is 0 Å². The Morgan fingerprint density at radius 1 is 1.64 bits per heavy atom. The lowest BCUT2D eigenvalue weighted by molar-refractivity contribution is 0.0252. The second-order valence-electron chi connectivity index (χ2n) is 3.86. The van der Waals surface area contributed by atoms with Gasteiger partial charge in [0.1, 0.15) is 5.60 Å². The van der Waals surface area contributed by atoms with Crippen molar-refractivity contribution in [2.75, 3.05) is 6.54 Å². The summed E-state index contributed by atoms with van der Waals surface area (Å²) in [5.41, 5.74) is 0.401. The number of thiophene rings is 1. The third-order valence-corrected chi connectivity index (χ3v) is 3.92. The van der Waals surface area contributed by atoms with Crippen molar-refractivity contribution in [3.8, 4) is 0 Å². The number of rotatable bonds is 4. The molecule has 0 saturated heterocycles. The topological polar surface area (TPSA) is 32.3 Å². The van der Waals surface area contributed by atoms with Gasteiger partial charge in [0.25, 0.3) is 0 Å². The molecular weight excluding hydrogens is 194 g/mol. The number of hydrogen-bond donors (Lipinski definition) is 2. The average Bonchev–Trinajstić information content (AvgIpc) is 2.52. The average molecular weight is 213 g/mol. The molecule has 3 heteroatoms. The van der Waals surface area contributed by atoms with E-state index in [4.69, 9.17) is 0 Å². The van der Waals surface area contributed by atoms with Gasteiger partial charge in [-0.2, -0.15) is 0 Å². The Bertz CT molecular complexity index is 293. The molecule has 1 rings (SSSR count). The number of aliphatic hydroxyl groups is 1. The lowest BCUT2D eigenvalue weighted by Gasteiger charge is -2.30. The molecule has 2 N–H and O–H groups in total. The SMILES string of the molecule is CCNC(C)C(C)(O)c1sccc1C. The van der Waals surface area contributed by atoms with Crippen molar-refractivity contribution in [3.05, 3.63) is 21.9 Å². The van der Waals surface area contributed by atoms with E-state index in [0.717, 1.165) is 11.4 Å². The minimum absolute atomic E-state index is 0.0739. The first kappa shape index (κ1) is 11.7. The van der Waals surface area contributed by atoms with Gasteiger partial charge in [-0.15, -0.1) is 11.3 Å². The Kier molecular flexibility index (Phi) is 3.70. The molecule has 1 aromatic heterocycles. The van der Waals surface area contributed by atoms with Gasteiger partial charge in [-0.1, -0.05) is 6.92 Å². The van der Waals surface area contributed by atoms with Gasteiger partial charge in [0.15, 0.2) is 0 Å². The second-order valence-corrected chi connectivity index (χ2v) is 4.78.